The van der Waals surface area contributed by atoms with Gasteiger partial charge in [-0.25, -0.2) is 0 Å². The molecule has 8 nitrogen and oxygen atoms in total. The molecule has 1 atom stereocenters. The fourth-order valence-electron chi connectivity index (χ4n) is 4.33. The first-order valence-electron chi connectivity index (χ1n) is 11.1. The van der Waals surface area contributed by atoms with E-state index in [-0.39, 0.29) is 12.0 Å². The van der Waals surface area contributed by atoms with Gasteiger partial charge < -0.3 is 19.1 Å². The molecule has 0 N–H and O–H groups in total. The normalized spacial score (nSPS) is 15.5. The van der Waals surface area contributed by atoms with Crippen LogP contribution in [0.4, 0.5) is 0 Å². The van der Waals surface area contributed by atoms with Crippen LogP contribution >= 0.6 is 0 Å². The molecule has 2 aromatic carbocycles. The zero-order valence-corrected chi connectivity index (χ0v) is 19.4. The van der Waals surface area contributed by atoms with Crippen LogP contribution in [0.15, 0.2) is 60.8 Å². The zero-order valence-electron chi connectivity index (χ0n) is 19.4. The van der Waals surface area contributed by atoms with Gasteiger partial charge in [0.1, 0.15) is 34.6 Å². The van der Waals surface area contributed by atoms with Crippen molar-refractivity contribution in [1.29, 1.82) is 0 Å². The third kappa shape index (κ3) is 4.03. The SMILES string of the molecule is COc1ccc(OC)c(-c2cc(C(=O)N3CCC(Oc4cccc5cccnc45)C3)n(C)n2)c1. The minimum absolute atomic E-state index is 0.0785. The molecule has 34 heavy (non-hydrogen) atoms. The number of fused-ring (bicyclic) bond motifs is 1. The molecule has 1 amide bonds. The molecule has 4 aromatic rings. The summed E-state index contributed by atoms with van der Waals surface area (Å²) in [4.78, 5) is 19.6. The van der Waals surface area contributed by atoms with Crippen LogP contribution in [0, 0.1) is 0 Å². The molecule has 1 aliphatic rings. The highest BCUT2D eigenvalue weighted by Gasteiger charge is 2.30. The molecule has 1 unspecified atom stereocenters. The Morgan fingerprint density at radius 2 is 1.88 bits per heavy atom. The molecule has 2 aromatic heterocycles. The number of para-hydroxylation sites is 1. The van der Waals surface area contributed by atoms with E-state index >= 15 is 0 Å². The lowest BCUT2D eigenvalue weighted by atomic mass is 10.1. The molecule has 174 valence electrons. The lowest BCUT2D eigenvalue weighted by Crippen LogP contribution is -2.32. The monoisotopic (exact) mass is 458 g/mol. The minimum atomic E-state index is -0.0947. The summed E-state index contributed by atoms with van der Waals surface area (Å²) in [6, 6.07) is 17.1. The van der Waals surface area contributed by atoms with Gasteiger partial charge in [-0.1, -0.05) is 18.2 Å². The van der Waals surface area contributed by atoms with Crippen molar-refractivity contribution in [1.82, 2.24) is 19.7 Å². The van der Waals surface area contributed by atoms with E-state index in [0.717, 1.165) is 28.6 Å². The second-order valence-electron chi connectivity index (χ2n) is 8.22. The number of hydrogen-bond donors (Lipinski definition) is 0. The van der Waals surface area contributed by atoms with Crippen molar-refractivity contribution in [3.63, 3.8) is 0 Å². The third-order valence-electron chi connectivity index (χ3n) is 6.10. The number of ether oxygens (including phenoxy) is 3. The van der Waals surface area contributed by atoms with Crippen molar-refractivity contribution >= 4 is 16.8 Å². The number of amides is 1. The Kier molecular flexibility index (Phi) is 5.79. The number of aryl methyl sites for hydroxylation is 1. The van der Waals surface area contributed by atoms with E-state index < -0.39 is 0 Å². The maximum atomic E-state index is 13.3. The van der Waals surface area contributed by atoms with Crippen LogP contribution in [-0.4, -0.2) is 59.0 Å². The van der Waals surface area contributed by atoms with Gasteiger partial charge in [-0.15, -0.1) is 0 Å². The Hall–Kier alpha value is -4.07. The van der Waals surface area contributed by atoms with Crippen LogP contribution < -0.4 is 14.2 Å². The maximum absolute atomic E-state index is 13.3. The minimum Gasteiger partial charge on any atom is -0.497 e. The zero-order chi connectivity index (χ0) is 23.7. The molecule has 0 spiro atoms. The van der Waals surface area contributed by atoms with Gasteiger partial charge in [0.05, 0.1) is 26.5 Å². The predicted octanol–water partition coefficient (Wildman–Crippen LogP) is 3.95. The Morgan fingerprint density at radius 3 is 2.71 bits per heavy atom. The number of carbonyl (C=O) groups is 1. The van der Waals surface area contributed by atoms with Crippen LogP contribution in [0.5, 0.6) is 17.2 Å². The van der Waals surface area contributed by atoms with Crippen LogP contribution in [0.1, 0.15) is 16.9 Å². The number of pyridine rings is 1. The molecule has 0 saturated carbocycles. The van der Waals surface area contributed by atoms with Crippen LogP contribution in [0.25, 0.3) is 22.2 Å². The van der Waals surface area contributed by atoms with Crippen molar-refractivity contribution in [2.45, 2.75) is 12.5 Å². The van der Waals surface area contributed by atoms with Crippen LogP contribution in [-0.2, 0) is 7.05 Å². The molecule has 0 bridgehead atoms. The molecule has 0 aliphatic carbocycles. The van der Waals surface area contributed by atoms with Gasteiger partial charge in [0.2, 0.25) is 0 Å². The first-order chi connectivity index (χ1) is 16.6. The summed E-state index contributed by atoms with van der Waals surface area (Å²) in [5.74, 6) is 2.02. The van der Waals surface area contributed by atoms with Gasteiger partial charge in [0.25, 0.3) is 5.91 Å². The highest BCUT2D eigenvalue weighted by molar-refractivity contribution is 5.94. The summed E-state index contributed by atoms with van der Waals surface area (Å²) in [5, 5.41) is 5.60. The van der Waals surface area contributed by atoms with E-state index in [1.165, 1.54) is 0 Å². The smallest absolute Gasteiger partial charge is 0.272 e. The van der Waals surface area contributed by atoms with Crippen molar-refractivity contribution in [2.75, 3.05) is 27.3 Å². The van der Waals surface area contributed by atoms with Crippen molar-refractivity contribution in [3.8, 4) is 28.5 Å². The number of aromatic nitrogens is 3. The first-order valence-corrected chi connectivity index (χ1v) is 11.1. The molecule has 1 saturated heterocycles. The van der Waals surface area contributed by atoms with E-state index in [2.05, 4.69) is 10.1 Å². The van der Waals surface area contributed by atoms with Crippen LogP contribution in [0.3, 0.4) is 0 Å². The lowest BCUT2D eigenvalue weighted by molar-refractivity contribution is 0.0762. The number of likely N-dealkylation sites (tertiary alicyclic amines) is 1. The predicted molar refractivity (Wildman–Crippen MR) is 128 cm³/mol. The largest absolute Gasteiger partial charge is 0.497 e. The van der Waals surface area contributed by atoms with Gasteiger partial charge >= 0.3 is 0 Å². The lowest BCUT2D eigenvalue weighted by Gasteiger charge is -2.17. The van der Waals surface area contributed by atoms with Gasteiger partial charge in [0, 0.05) is 37.2 Å². The summed E-state index contributed by atoms with van der Waals surface area (Å²) in [6.07, 6.45) is 2.42. The Labute approximate surface area is 197 Å². The van der Waals surface area contributed by atoms with Gasteiger partial charge in [-0.05, 0) is 36.4 Å². The van der Waals surface area contributed by atoms with Gasteiger partial charge in [0.15, 0.2) is 0 Å². The summed E-state index contributed by atoms with van der Waals surface area (Å²) >= 11 is 0. The quantitative estimate of drug-likeness (QED) is 0.435. The van der Waals surface area contributed by atoms with Crippen molar-refractivity contribution in [2.24, 2.45) is 7.05 Å². The topological polar surface area (TPSA) is 78.7 Å². The number of methoxy groups -OCH3 is 2. The molecule has 1 aliphatic heterocycles. The first kappa shape index (κ1) is 21.8. The Balaban J connectivity index is 1.34. The molecular weight excluding hydrogens is 432 g/mol. The molecule has 0 radical (unpaired) electrons. The number of carbonyl (C=O) groups excluding carboxylic acids is 1. The van der Waals surface area contributed by atoms with Crippen molar-refractivity contribution in [3.05, 3.63) is 66.5 Å². The highest BCUT2D eigenvalue weighted by atomic mass is 16.5. The second kappa shape index (κ2) is 9.05. The number of benzene rings is 2. The van der Waals surface area contributed by atoms with E-state index in [0.29, 0.717) is 36.0 Å². The molecule has 1 fully saturated rings. The Bertz CT molecular complexity index is 1340. The van der Waals surface area contributed by atoms with E-state index in [4.69, 9.17) is 14.2 Å². The third-order valence-corrected chi connectivity index (χ3v) is 6.10. The van der Waals surface area contributed by atoms with E-state index in [1.807, 2.05) is 53.4 Å². The van der Waals surface area contributed by atoms with Crippen LogP contribution in [0.2, 0.25) is 0 Å². The molecule has 3 heterocycles. The highest BCUT2D eigenvalue weighted by Crippen LogP contribution is 2.33. The fraction of sp³-hybridized carbons (Fsp3) is 0.269. The fourth-order valence-corrected chi connectivity index (χ4v) is 4.33. The average Bonchev–Trinajstić information content (AvgIpc) is 3.50. The Morgan fingerprint density at radius 1 is 1.03 bits per heavy atom. The molecule has 5 rings (SSSR count). The summed E-state index contributed by atoms with van der Waals surface area (Å²) in [7, 11) is 4.99. The second-order valence-corrected chi connectivity index (χ2v) is 8.22. The van der Waals surface area contributed by atoms with E-state index in [9.17, 15) is 4.79 Å². The summed E-state index contributed by atoms with van der Waals surface area (Å²) < 4.78 is 18.7. The summed E-state index contributed by atoms with van der Waals surface area (Å²) in [6.45, 7) is 1.12. The number of hydrogen-bond acceptors (Lipinski definition) is 6. The summed E-state index contributed by atoms with van der Waals surface area (Å²) in [5.41, 5.74) is 2.75. The standard InChI is InChI=1S/C26H26N4O4/c1-29-22(15-21(28-29)20-14-18(32-2)9-10-23(20)33-3)26(31)30-13-11-19(16-30)34-24-8-4-6-17-7-5-12-27-25(17)24/h4-10,12,14-15,19H,11,13,16H2,1-3H3. The number of nitrogens with zero attached hydrogens (tertiary/aromatic N) is 4. The molecular formula is C26H26N4O4. The maximum Gasteiger partial charge on any atom is 0.272 e. The van der Waals surface area contributed by atoms with E-state index in [1.54, 1.807) is 38.2 Å². The van der Waals surface area contributed by atoms with Gasteiger partial charge in [-0.3, -0.25) is 14.5 Å². The van der Waals surface area contributed by atoms with Gasteiger partial charge in [-0.2, -0.15) is 5.10 Å². The molecule has 8 heteroatoms. The average molecular weight is 459 g/mol. The van der Waals surface area contributed by atoms with Crippen molar-refractivity contribution < 1.29 is 19.0 Å². The number of rotatable bonds is 6.